The second-order valence-corrected chi connectivity index (χ2v) is 17.3. The Morgan fingerprint density at radius 2 is 0.647 bits per heavy atom. The largest absolute Gasteiger partial charge is 0.309 e. The minimum Gasteiger partial charge on any atom is -0.309 e. The molecule has 1 heterocycles. The predicted octanol–water partition coefficient (Wildman–Crippen LogP) is 18.3. The molecule has 2 heteroatoms. The van der Waals surface area contributed by atoms with Crippen molar-refractivity contribution in [3.63, 3.8) is 0 Å². The van der Waals surface area contributed by atoms with Gasteiger partial charge in [0.1, 0.15) is 0 Å². The lowest BCUT2D eigenvalue weighted by Gasteiger charge is -2.30. The van der Waals surface area contributed by atoms with Crippen molar-refractivity contribution in [2.75, 3.05) is 4.90 Å². The van der Waals surface area contributed by atoms with E-state index in [1.807, 2.05) is 0 Å². The molecule has 0 amide bonds. The predicted molar refractivity (Wildman–Crippen MR) is 288 cm³/mol. The molecule has 0 saturated carbocycles. The van der Waals surface area contributed by atoms with E-state index in [0.717, 1.165) is 50.6 Å². The number of aromatic nitrogens is 1. The third-order valence-electron chi connectivity index (χ3n) is 13.2. The van der Waals surface area contributed by atoms with E-state index in [2.05, 4.69) is 289 Å². The maximum Gasteiger partial charge on any atom is 0.0547 e. The smallest absolute Gasteiger partial charge is 0.0547 e. The highest BCUT2D eigenvalue weighted by molar-refractivity contribution is 6.16. The van der Waals surface area contributed by atoms with Crippen LogP contribution >= 0.6 is 0 Å². The first kappa shape index (κ1) is 40.5. The highest BCUT2D eigenvalue weighted by Gasteiger charge is 2.22. The zero-order chi connectivity index (χ0) is 45.2. The number of rotatable bonds is 10. The molecule has 0 aliphatic rings. The van der Waals surface area contributed by atoms with Crippen molar-refractivity contribution in [3.05, 3.63) is 279 Å². The fourth-order valence-electron chi connectivity index (χ4n) is 10.0. The van der Waals surface area contributed by atoms with E-state index < -0.39 is 0 Å². The van der Waals surface area contributed by atoms with E-state index in [9.17, 15) is 0 Å². The van der Waals surface area contributed by atoms with E-state index in [4.69, 9.17) is 0 Å². The number of anilines is 3. The van der Waals surface area contributed by atoms with Gasteiger partial charge in [-0.25, -0.2) is 0 Å². The van der Waals surface area contributed by atoms with Crippen molar-refractivity contribution in [1.82, 2.24) is 4.57 Å². The summed E-state index contributed by atoms with van der Waals surface area (Å²) in [5.41, 5.74) is 20.9. The normalized spacial score (nSPS) is 11.2. The first-order chi connectivity index (χ1) is 33.7. The lowest BCUT2D eigenvalue weighted by atomic mass is 9.93. The molecule has 68 heavy (non-hydrogen) atoms. The van der Waals surface area contributed by atoms with Crippen LogP contribution in [0, 0.1) is 0 Å². The van der Waals surface area contributed by atoms with E-state index >= 15 is 0 Å². The Bertz CT molecular complexity index is 3650. The fraction of sp³-hybridized carbons (Fsp3) is 0. The molecule has 12 rings (SSSR count). The summed E-state index contributed by atoms with van der Waals surface area (Å²) >= 11 is 0. The van der Waals surface area contributed by atoms with Crippen LogP contribution in [-0.4, -0.2) is 4.57 Å². The molecule has 320 valence electrons. The molecule has 0 bridgehead atoms. The third kappa shape index (κ3) is 7.54. The molecule has 2 nitrogen and oxygen atoms in total. The van der Waals surface area contributed by atoms with Gasteiger partial charge in [0.15, 0.2) is 0 Å². The van der Waals surface area contributed by atoms with Crippen molar-refractivity contribution in [2.45, 2.75) is 0 Å². The summed E-state index contributed by atoms with van der Waals surface area (Å²) in [7, 11) is 0. The van der Waals surface area contributed by atoms with E-state index in [-0.39, 0.29) is 0 Å². The highest BCUT2D eigenvalue weighted by Crippen LogP contribution is 2.46. The SMILES string of the molecule is c1ccc(-c2cc(-c3ccccc3)cc(-c3ccc(N(c4ccccc4-c4ccccc4)c4ccccc4-c4cccc(-c5cccc6c5c5ccccc5n6-c5ccccc5)c4)cc3)c2)cc1. The number of fused-ring (bicyclic) bond motifs is 3. The van der Waals surface area contributed by atoms with Gasteiger partial charge in [0.25, 0.3) is 0 Å². The molecule has 0 N–H and O–H groups in total. The van der Waals surface area contributed by atoms with Gasteiger partial charge in [0, 0.05) is 33.3 Å². The molecule has 0 saturated heterocycles. The van der Waals surface area contributed by atoms with Crippen LogP contribution in [0.2, 0.25) is 0 Å². The molecule has 1 aromatic heterocycles. The lowest BCUT2D eigenvalue weighted by Crippen LogP contribution is -2.12. The molecule has 12 aromatic rings. The van der Waals surface area contributed by atoms with Crippen LogP contribution in [0.5, 0.6) is 0 Å². The Hall–Kier alpha value is -8.98. The number of hydrogen-bond acceptors (Lipinski definition) is 1. The Morgan fingerprint density at radius 1 is 0.250 bits per heavy atom. The Balaban J connectivity index is 1.01. The van der Waals surface area contributed by atoms with Gasteiger partial charge in [-0.1, -0.05) is 206 Å². The molecule has 0 fully saturated rings. The monoisotopic (exact) mass is 866 g/mol. The highest BCUT2D eigenvalue weighted by atomic mass is 15.1. The number of para-hydroxylation sites is 4. The molecule has 11 aromatic carbocycles. The maximum atomic E-state index is 2.44. The van der Waals surface area contributed by atoms with Crippen LogP contribution < -0.4 is 4.90 Å². The summed E-state index contributed by atoms with van der Waals surface area (Å²) in [4.78, 5) is 2.44. The van der Waals surface area contributed by atoms with Gasteiger partial charge in [-0.3, -0.25) is 0 Å². The average molecular weight is 867 g/mol. The number of benzene rings is 11. The topological polar surface area (TPSA) is 8.17 Å². The van der Waals surface area contributed by atoms with E-state index in [1.54, 1.807) is 0 Å². The van der Waals surface area contributed by atoms with Gasteiger partial charge in [0.2, 0.25) is 0 Å². The van der Waals surface area contributed by atoms with Gasteiger partial charge < -0.3 is 9.47 Å². The van der Waals surface area contributed by atoms with Crippen molar-refractivity contribution in [3.8, 4) is 72.4 Å². The summed E-state index contributed by atoms with van der Waals surface area (Å²) in [5, 5.41) is 2.49. The molecular weight excluding hydrogens is 821 g/mol. The van der Waals surface area contributed by atoms with Crippen molar-refractivity contribution < 1.29 is 0 Å². The summed E-state index contributed by atoms with van der Waals surface area (Å²) in [6.45, 7) is 0. The minimum absolute atomic E-state index is 1.07. The molecule has 0 unspecified atom stereocenters. The third-order valence-corrected chi connectivity index (χ3v) is 13.2. The number of nitrogens with zero attached hydrogens (tertiary/aromatic N) is 2. The molecule has 0 atom stereocenters. The quantitative estimate of drug-likeness (QED) is 0.133. The van der Waals surface area contributed by atoms with Crippen LogP contribution in [0.15, 0.2) is 279 Å². The van der Waals surface area contributed by atoms with E-state index in [0.29, 0.717) is 0 Å². The minimum atomic E-state index is 1.07. The van der Waals surface area contributed by atoms with Crippen LogP contribution in [0.25, 0.3) is 94.3 Å². The Labute approximate surface area is 397 Å². The van der Waals surface area contributed by atoms with Crippen LogP contribution in [0.3, 0.4) is 0 Å². The van der Waals surface area contributed by atoms with Crippen molar-refractivity contribution >= 4 is 38.9 Å². The van der Waals surface area contributed by atoms with Crippen molar-refractivity contribution in [2.24, 2.45) is 0 Å². The van der Waals surface area contributed by atoms with Crippen LogP contribution in [-0.2, 0) is 0 Å². The zero-order valence-corrected chi connectivity index (χ0v) is 37.5. The second-order valence-electron chi connectivity index (χ2n) is 17.3. The summed E-state index contributed by atoms with van der Waals surface area (Å²) < 4.78 is 2.39. The first-order valence-corrected chi connectivity index (χ1v) is 23.3. The Morgan fingerprint density at radius 3 is 1.25 bits per heavy atom. The van der Waals surface area contributed by atoms with Gasteiger partial charge in [-0.2, -0.15) is 0 Å². The molecule has 0 aliphatic heterocycles. The first-order valence-electron chi connectivity index (χ1n) is 23.3. The van der Waals surface area contributed by atoms with Gasteiger partial charge in [-0.15, -0.1) is 0 Å². The van der Waals surface area contributed by atoms with Gasteiger partial charge >= 0.3 is 0 Å². The summed E-state index contributed by atoms with van der Waals surface area (Å²) in [6, 6.07) is 101. The average Bonchev–Trinajstić information content (AvgIpc) is 3.77. The summed E-state index contributed by atoms with van der Waals surface area (Å²) in [5.74, 6) is 0. The standard InChI is InChI=1S/C66H46N2/c1-5-21-47(22-6-1)53-44-54(48-23-7-2-8-24-48)46-55(45-53)49-39-41-57(42-40-49)67(62-35-16-13-31-58(62)50-25-9-3-10-26-50)63-36-17-14-32-59(63)51-27-19-28-52(43-51)60-34-20-38-65-66(60)61-33-15-18-37-64(61)68(65)56-29-11-4-12-30-56/h1-46H. The molecular formula is C66H46N2. The number of hydrogen-bond donors (Lipinski definition) is 0. The molecule has 0 spiro atoms. The fourth-order valence-corrected chi connectivity index (χ4v) is 10.0. The van der Waals surface area contributed by atoms with Gasteiger partial charge in [0.05, 0.1) is 22.4 Å². The van der Waals surface area contributed by atoms with Gasteiger partial charge in [-0.05, 0) is 128 Å². The summed E-state index contributed by atoms with van der Waals surface area (Å²) in [6.07, 6.45) is 0. The van der Waals surface area contributed by atoms with E-state index in [1.165, 1.54) is 60.8 Å². The lowest BCUT2D eigenvalue weighted by molar-refractivity contribution is 1.18. The van der Waals surface area contributed by atoms with Crippen LogP contribution in [0.1, 0.15) is 0 Å². The zero-order valence-electron chi connectivity index (χ0n) is 37.5. The van der Waals surface area contributed by atoms with Crippen LogP contribution in [0.4, 0.5) is 17.1 Å². The second kappa shape index (κ2) is 17.8. The Kier molecular flexibility index (Phi) is 10.6. The molecule has 0 aliphatic carbocycles. The van der Waals surface area contributed by atoms with Crippen molar-refractivity contribution in [1.29, 1.82) is 0 Å². The maximum absolute atomic E-state index is 2.44. The molecule has 0 radical (unpaired) electrons.